The molecule has 3 N–H and O–H groups in total. The first-order valence-corrected chi connectivity index (χ1v) is 8.83. The molecule has 0 amide bonds. The molecule has 0 aliphatic rings. The lowest BCUT2D eigenvalue weighted by Crippen LogP contribution is -2.27. The maximum Gasteiger partial charge on any atom is 0.241 e. The van der Waals surface area contributed by atoms with Gasteiger partial charge in [-0.2, -0.15) is 0 Å². The van der Waals surface area contributed by atoms with Crippen LogP contribution in [0, 0.1) is 20.8 Å². The number of hydrogen-bond donors (Lipinski definition) is 2. The van der Waals surface area contributed by atoms with Crippen LogP contribution in [0.3, 0.4) is 0 Å². The molecule has 5 nitrogen and oxygen atoms in total. The molecular weight excluding hydrogens is 306 g/mol. The van der Waals surface area contributed by atoms with Gasteiger partial charge in [-0.25, -0.2) is 18.1 Å². The lowest BCUT2D eigenvalue weighted by atomic mass is 10.2. The largest absolute Gasteiger partial charge is 0.399 e. The summed E-state index contributed by atoms with van der Waals surface area (Å²) in [5.74, 6) is 0. The predicted octanol–water partition coefficient (Wildman–Crippen LogP) is 2.69. The zero-order valence-corrected chi connectivity index (χ0v) is 14.1. The molecule has 0 bridgehead atoms. The summed E-state index contributed by atoms with van der Waals surface area (Å²) in [5, 5.41) is 0.928. The van der Waals surface area contributed by atoms with Crippen molar-refractivity contribution in [3.63, 3.8) is 0 Å². The molecule has 114 valence electrons. The Morgan fingerprint density at radius 3 is 2.48 bits per heavy atom. The minimum atomic E-state index is -3.59. The fraction of sp³-hybridized carbons (Fsp3) is 0.357. The number of nitrogens with zero attached hydrogens (tertiary/aromatic N) is 1. The van der Waals surface area contributed by atoms with Gasteiger partial charge in [0.15, 0.2) is 0 Å². The van der Waals surface area contributed by atoms with Crippen molar-refractivity contribution in [3.8, 4) is 0 Å². The third-order valence-corrected chi connectivity index (χ3v) is 6.11. The van der Waals surface area contributed by atoms with Gasteiger partial charge in [-0.15, -0.1) is 11.3 Å². The Morgan fingerprint density at radius 2 is 1.95 bits per heavy atom. The first-order valence-electron chi connectivity index (χ1n) is 6.53. The van der Waals surface area contributed by atoms with Crippen LogP contribution in [0.2, 0.25) is 0 Å². The Bertz CT molecular complexity index is 767. The molecule has 2 rings (SSSR count). The molecule has 0 aliphatic carbocycles. The second-order valence-electron chi connectivity index (χ2n) is 5.05. The highest BCUT2D eigenvalue weighted by molar-refractivity contribution is 7.89. The van der Waals surface area contributed by atoms with Gasteiger partial charge in [-0.1, -0.05) is 0 Å². The van der Waals surface area contributed by atoms with Crippen LogP contribution in [0.4, 0.5) is 5.69 Å². The normalized spacial score (nSPS) is 13.3. The van der Waals surface area contributed by atoms with Crippen LogP contribution >= 0.6 is 11.3 Å². The summed E-state index contributed by atoms with van der Waals surface area (Å²) in [6, 6.07) is 4.46. The molecule has 1 aromatic heterocycles. The Kier molecular flexibility index (Phi) is 4.36. The summed E-state index contributed by atoms with van der Waals surface area (Å²) in [5.41, 5.74) is 7.71. The van der Waals surface area contributed by atoms with Crippen LogP contribution in [0.5, 0.6) is 0 Å². The maximum absolute atomic E-state index is 12.5. The quantitative estimate of drug-likeness (QED) is 0.846. The van der Waals surface area contributed by atoms with Crippen LogP contribution < -0.4 is 10.5 Å². The maximum atomic E-state index is 12.5. The number of anilines is 1. The van der Waals surface area contributed by atoms with Crippen molar-refractivity contribution in [1.82, 2.24) is 9.71 Å². The second-order valence-corrected chi connectivity index (χ2v) is 7.97. The minimum absolute atomic E-state index is 0.252. The van der Waals surface area contributed by atoms with E-state index in [1.54, 1.807) is 19.1 Å². The number of nitrogen functional groups attached to an aromatic ring is 1. The molecule has 0 fully saturated rings. The predicted molar refractivity (Wildman–Crippen MR) is 85.9 cm³/mol. The number of aromatic nitrogens is 1. The molecular formula is C14H19N3O2S2. The Balaban J connectivity index is 2.31. The van der Waals surface area contributed by atoms with E-state index in [4.69, 9.17) is 5.73 Å². The van der Waals surface area contributed by atoms with E-state index >= 15 is 0 Å². The summed E-state index contributed by atoms with van der Waals surface area (Å²) in [4.78, 5) is 5.52. The standard InChI is InChI=1S/C14H19N3O2S2/c1-8-7-12(15)5-6-13(8)21(18,19)17-10(3)14-9(2)16-11(4)20-14/h5-7,10,17H,15H2,1-4H3. The monoisotopic (exact) mass is 325 g/mol. The lowest BCUT2D eigenvalue weighted by molar-refractivity contribution is 0.567. The van der Waals surface area contributed by atoms with E-state index in [-0.39, 0.29) is 10.9 Å². The summed E-state index contributed by atoms with van der Waals surface area (Å²) < 4.78 is 27.7. The van der Waals surface area contributed by atoms with Gasteiger partial charge < -0.3 is 5.73 Å². The number of sulfonamides is 1. The van der Waals surface area contributed by atoms with Crippen LogP contribution in [-0.2, 0) is 10.0 Å². The number of rotatable bonds is 4. The first kappa shape index (κ1) is 15.9. The number of aryl methyl sites for hydroxylation is 3. The van der Waals surface area contributed by atoms with E-state index in [0.29, 0.717) is 11.3 Å². The molecule has 0 saturated heterocycles. The molecule has 0 radical (unpaired) electrons. The molecule has 1 heterocycles. The number of benzene rings is 1. The van der Waals surface area contributed by atoms with Gasteiger partial charge in [-0.3, -0.25) is 0 Å². The molecule has 21 heavy (non-hydrogen) atoms. The van der Waals surface area contributed by atoms with E-state index in [9.17, 15) is 8.42 Å². The van der Waals surface area contributed by atoms with Crippen LogP contribution in [0.1, 0.15) is 34.1 Å². The smallest absolute Gasteiger partial charge is 0.241 e. The topological polar surface area (TPSA) is 85.1 Å². The van der Waals surface area contributed by atoms with Gasteiger partial charge >= 0.3 is 0 Å². The summed E-state index contributed by atoms with van der Waals surface area (Å²) in [6.45, 7) is 7.35. The molecule has 1 aromatic carbocycles. The molecule has 1 unspecified atom stereocenters. The fourth-order valence-corrected chi connectivity index (χ4v) is 4.72. The van der Waals surface area contributed by atoms with Gasteiger partial charge in [0, 0.05) is 10.6 Å². The van der Waals surface area contributed by atoms with Gasteiger partial charge in [0.2, 0.25) is 10.0 Å². The van der Waals surface area contributed by atoms with Crippen molar-refractivity contribution in [2.24, 2.45) is 0 Å². The van der Waals surface area contributed by atoms with Gasteiger partial charge in [0.25, 0.3) is 0 Å². The minimum Gasteiger partial charge on any atom is -0.399 e. The van der Waals surface area contributed by atoms with E-state index < -0.39 is 10.0 Å². The zero-order chi connectivity index (χ0) is 15.8. The highest BCUT2D eigenvalue weighted by Gasteiger charge is 2.22. The van der Waals surface area contributed by atoms with E-state index in [2.05, 4.69) is 9.71 Å². The van der Waals surface area contributed by atoms with Crippen molar-refractivity contribution in [2.75, 3.05) is 5.73 Å². The van der Waals surface area contributed by atoms with E-state index in [1.165, 1.54) is 17.4 Å². The Morgan fingerprint density at radius 1 is 1.29 bits per heavy atom. The van der Waals surface area contributed by atoms with Crippen molar-refractivity contribution in [1.29, 1.82) is 0 Å². The summed E-state index contributed by atoms with van der Waals surface area (Å²) in [6.07, 6.45) is 0. The number of thiazole rings is 1. The lowest BCUT2D eigenvalue weighted by Gasteiger charge is -2.15. The highest BCUT2D eigenvalue weighted by Crippen LogP contribution is 2.26. The van der Waals surface area contributed by atoms with Crippen molar-refractivity contribution in [2.45, 2.75) is 38.6 Å². The average molecular weight is 325 g/mol. The first-order chi connectivity index (χ1) is 9.70. The van der Waals surface area contributed by atoms with Gasteiger partial charge in [0.05, 0.1) is 21.6 Å². The number of nitrogens with two attached hydrogens (primary N) is 1. The van der Waals surface area contributed by atoms with Crippen molar-refractivity contribution in [3.05, 3.63) is 39.3 Å². The number of hydrogen-bond acceptors (Lipinski definition) is 5. The van der Waals surface area contributed by atoms with Gasteiger partial charge in [0.1, 0.15) is 0 Å². The zero-order valence-electron chi connectivity index (χ0n) is 12.5. The fourth-order valence-electron chi connectivity index (χ4n) is 2.27. The van der Waals surface area contributed by atoms with Gasteiger partial charge in [-0.05, 0) is 51.5 Å². The Labute approximate surface area is 129 Å². The third-order valence-electron chi connectivity index (χ3n) is 3.15. The number of nitrogens with one attached hydrogen (secondary N) is 1. The Hall–Kier alpha value is -1.44. The summed E-state index contributed by atoms with van der Waals surface area (Å²) in [7, 11) is -3.59. The average Bonchev–Trinajstić information content (AvgIpc) is 2.67. The molecule has 1 atom stereocenters. The van der Waals surface area contributed by atoms with Crippen LogP contribution in [0.25, 0.3) is 0 Å². The second kappa shape index (κ2) is 5.75. The molecule has 7 heteroatoms. The molecule has 0 spiro atoms. The molecule has 2 aromatic rings. The third kappa shape index (κ3) is 3.42. The highest BCUT2D eigenvalue weighted by atomic mass is 32.2. The van der Waals surface area contributed by atoms with E-state index in [0.717, 1.165) is 15.6 Å². The van der Waals surface area contributed by atoms with Crippen molar-refractivity contribution < 1.29 is 8.42 Å². The summed E-state index contributed by atoms with van der Waals surface area (Å²) >= 11 is 1.51. The molecule has 0 aliphatic heterocycles. The van der Waals surface area contributed by atoms with Crippen LogP contribution in [0.15, 0.2) is 23.1 Å². The van der Waals surface area contributed by atoms with Crippen LogP contribution in [-0.4, -0.2) is 13.4 Å². The van der Waals surface area contributed by atoms with E-state index in [1.807, 2.05) is 20.8 Å². The molecule has 0 saturated carbocycles. The van der Waals surface area contributed by atoms with Crippen molar-refractivity contribution >= 4 is 27.0 Å². The SMILES string of the molecule is Cc1nc(C)c(C(C)NS(=O)(=O)c2ccc(N)cc2C)s1.